The number of carbonyl (C=O) groups is 1. The van der Waals surface area contributed by atoms with E-state index >= 15 is 0 Å². The summed E-state index contributed by atoms with van der Waals surface area (Å²) in [6.45, 7) is 6.22. The minimum Gasteiger partial charge on any atom is -0.462 e. The number of carbonyl (C=O) groups excluding carboxylic acids is 1. The molecular formula is C20H20IN3O3. The van der Waals surface area contributed by atoms with Crippen molar-refractivity contribution in [2.75, 3.05) is 17.2 Å². The fourth-order valence-electron chi connectivity index (χ4n) is 3.33. The highest BCUT2D eigenvalue weighted by Gasteiger charge is 2.29. The number of ether oxygens (including phenoxy) is 1. The molecule has 1 aromatic carbocycles. The molecule has 0 saturated carbocycles. The monoisotopic (exact) mass is 477 g/mol. The van der Waals surface area contributed by atoms with Crippen molar-refractivity contribution in [3.8, 4) is 11.1 Å². The summed E-state index contributed by atoms with van der Waals surface area (Å²) in [6.07, 6.45) is 3.88. The van der Waals surface area contributed by atoms with Gasteiger partial charge in [-0.3, -0.25) is 4.90 Å². The highest BCUT2D eigenvalue weighted by molar-refractivity contribution is 14.1. The predicted molar refractivity (Wildman–Crippen MR) is 114 cm³/mol. The standard InChI is InChI=1S/C20H20IN3O3/c1-20(2,3)27-19(25)24-7-6-12-8-11(4-5-15(12)24)13-10-26-17-14(21)9-23-18(22)16(13)17/h4-5,8-10H,6-7H2,1-3H3,(H2,22,23). The number of hydrogen-bond donors (Lipinski definition) is 1. The van der Waals surface area contributed by atoms with E-state index in [0.29, 0.717) is 12.4 Å². The van der Waals surface area contributed by atoms with E-state index in [2.05, 4.69) is 33.6 Å². The highest BCUT2D eigenvalue weighted by atomic mass is 127. The fourth-order valence-corrected chi connectivity index (χ4v) is 3.86. The second-order valence-corrected chi connectivity index (χ2v) is 8.73. The third-order valence-corrected chi connectivity index (χ3v) is 5.25. The van der Waals surface area contributed by atoms with Gasteiger partial charge in [0.1, 0.15) is 11.4 Å². The van der Waals surface area contributed by atoms with Crippen LogP contribution in [0, 0.1) is 3.57 Å². The molecule has 3 aromatic rings. The number of pyridine rings is 1. The second kappa shape index (κ2) is 6.40. The zero-order valence-electron chi connectivity index (χ0n) is 15.4. The number of fused-ring (bicyclic) bond motifs is 2. The first-order valence-electron chi connectivity index (χ1n) is 8.69. The Morgan fingerprint density at radius 3 is 2.89 bits per heavy atom. The molecule has 4 rings (SSSR count). The van der Waals surface area contributed by atoms with Crippen LogP contribution in [0.3, 0.4) is 0 Å². The molecule has 6 nitrogen and oxygen atoms in total. The lowest BCUT2D eigenvalue weighted by Crippen LogP contribution is -2.35. The Morgan fingerprint density at radius 1 is 1.37 bits per heavy atom. The van der Waals surface area contributed by atoms with Crippen LogP contribution in [0.5, 0.6) is 0 Å². The average molecular weight is 477 g/mol. The minimum atomic E-state index is -0.517. The molecule has 27 heavy (non-hydrogen) atoms. The van der Waals surface area contributed by atoms with Crippen molar-refractivity contribution in [1.82, 2.24) is 4.98 Å². The number of rotatable bonds is 1. The predicted octanol–water partition coefficient (Wildman–Crippen LogP) is 4.98. The van der Waals surface area contributed by atoms with Crippen LogP contribution in [0.2, 0.25) is 0 Å². The van der Waals surface area contributed by atoms with E-state index in [4.69, 9.17) is 14.9 Å². The number of benzene rings is 1. The summed E-state index contributed by atoms with van der Waals surface area (Å²) in [4.78, 5) is 18.4. The first kappa shape index (κ1) is 18.1. The number of anilines is 2. The Bertz CT molecular complexity index is 1050. The van der Waals surface area contributed by atoms with E-state index in [-0.39, 0.29) is 6.09 Å². The lowest BCUT2D eigenvalue weighted by atomic mass is 10.0. The third-order valence-electron chi connectivity index (χ3n) is 4.48. The van der Waals surface area contributed by atoms with E-state index in [1.165, 1.54) is 0 Å². The molecular weight excluding hydrogens is 457 g/mol. The molecule has 0 fully saturated rings. The molecule has 0 radical (unpaired) electrons. The number of aromatic nitrogens is 1. The Kier molecular flexibility index (Phi) is 4.29. The molecule has 2 aromatic heterocycles. The number of furan rings is 1. The first-order valence-corrected chi connectivity index (χ1v) is 9.77. The quantitative estimate of drug-likeness (QED) is 0.500. The molecule has 0 atom stereocenters. The number of nitrogen functional groups attached to an aromatic ring is 1. The van der Waals surface area contributed by atoms with Crippen LogP contribution in [0.15, 0.2) is 35.1 Å². The van der Waals surface area contributed by atoms with Gasteiger partial charge in [-0.2, -0.15) is 0 Å². The summed E-state index contributed by atoms with van der Waals surface area (Å²) in [5.41, 5.74) is 10.2. The largest absolute Gasteiger partial charge is 0.462 e. The van der Waals surface area contributed by atoms with Gasteiger partial charge in [-0.15, -0.1) is 0 Å². The van der Waals surface area contributed by atoms with Crippen molar-refractivity contribution in [2.45, 2.75) is 32.8 Å². The maximum atomic E-state index is 12.5. The smallest absolute Gasteiger partial charge is 0.414 e. The van der Waals surface area contributed by atoms with Gasteiger partial charge in [0.25, 0.3) is 0 Å². The SMILES string of the molecule is CC(C)(C)OC(=O)N1CCc2cc(-c3coc4c(I)cnc(N)c34)ccc21. The summed E-state index contributed by atoms with van der Waals surface area (Å²) in [5, 5.41) is 0.823. The summed E-state index contributed by atoms with van der Waals surface area (Å²) < 4.78 is 12.2. The van der Waals surface area contributed by atoms with Gasteiger partial charge in [0.2, 0.25) is 0 Å². The van der Waals surface area contributed by atoms with Gasteiger partial charge < -0.3 is 14.9 Å². The van der Waals surface area contributed by atoms with Crippen molar-refractivity contribution >= 4 is 51.2 Å². The summed E-state index contributed by atoms with van der Waals surface area (Å²) >= 11 is 2.19. The van der Waals surface area contributed by atoms with Crippen LogP contribution in [-0.4, -0.2) is 23.2 Å². The van der Waals surface area contributed by atoms with Gasteiger partial charge in [-0.05, 0) is 73.0 Å². The molecule has 1 aliphatic rings. The van der Waals surface area contributed by atoms with Gasteiger partial charge >= 0.3 is 6.09 Å². The lowest BCUT2D eigenvalue weighted by molar-refractivity contribution is 0.0584. The van der Waals surface area contributed by atoms with Gasteiger partial charge in [-0.1, -0.05) is 6.07 Å². The van der Waals surface area contributed by atoms with E-state index in [1.807, 2.05) is 32.9 Å². The molecule has 1 aliphatic heterocycles. The Balaban J connectivity index is 1.72. The van der Waals surface area contributed by atoms with Crippen LogP contribution >= 0.6 is 22.6 Å². The maximum absolute atomic E-state index is 12.5. The highest BCUT2D eigenvalue weighted by Crippen LogP contribution is 2.39. The molecule has 3 heterocycles. The molecule has 0 saturated heterocycles. The number of halogens is 1. The van der Waals surface area contributed by atoms with Crippen molar-refractivity contribution < 1.29 is 13.9 Å². The second-order valence-electron chi connectivity index (χ2n) is 7.57. The van der Waals surface area contributed by atoms with Crippen molar-refractivity contribution in [3.63, 3.8) is 0 Å². The van der Waals surface area contributed by atoms with Crippen LogP contribution < -0.4 is 10.6 Å². The maximum Gasteiger partial charge on any atom is 0.414 e. The molecule has 1 amide bonds. The number of amides is 1. The molecule has 140 valence electrons. The number of nitrogens with two attached hydrogens (primary N) is 1. The molecule has 7 heteroatoms. The molecule has 0 bridgehead atoms. The number of nitrogens with zero attached hydrogens (tertiary/aromatic N) is 2. The summed E-state index contributed by atoms with van der Waals surface area (Å²) in [7, 11) is 0. The van der Waals surface area contributed by atoms with Gasteiger partial charge in [0, 0.05) is 18.3 Å². The van der Waals surface area contributed by atoms with Crippen LogP contribution in [0.25, 0.3) is 22.1 Å². The van der Waals surface area contributed by atoms with Crippen LogP contribution in [0.1, 0.15) is 26.3 Å². The van der Waals surface area contributed by atoms with E-state index in [1.54, 1.807) is 17.4 Å². The van der Waals surface area contributed by atoms with Crippen LogP contribution in [0.4, 0.5) is 16.3 Å². The topological polar surface area (TPSA) is 81.6 Å². The zero-order valence-corrected chi connectivity index (χ0v) is 17.5. The molecule has 2 N–H and O–H groups in total. The molecule has 0 aliphatic carbocycles. The minimum absolute atomic E-state index is 0.314. The fraction of sp³-hybridized carbons (Fsp3) is 0.300. The van der Waals surface area contributed by atoms with E-state index in [0.717, 1.165) is 43.3 Å². The van der Waals surface area contributed by atoms with Gasteiger partial charge in [0.05, 0.1) is 20.9 Å². The zero-order chi connectivity index (χ0) is 19.3. The number of hydrogen-bond acceptors (Lipinski definition) is 5. The van der Waals surface area contributed by atoms with Crippen molar-refractivity contribution in [2.24, 2.45) is 0 Å². The third kappa shape index (κ3) is 3.24. The lowest BCUT2D eigenvalue weighted by Gasteiger charge is -2.24. The van der Waals surface area contributed by atoms with E-state index < -0.39 is 5.60 Å². The Labute approximate surface area is 170 Å². The molecule has 0 spiro atoms. The normalized spacial score (nSPS) is 13.9. The van der Waals surface area contributed by atoms with Gasteiger partial charge in [-0.25, -0.2) is 9.78 Å². The summed E-state index contributed by atoms with van der Waals surface area (Å²) in [6, 6.07) is 6.02. The summed E-state index contributed by atoms with van der Waals surface area (Å²) in [5.74, 6) is 0.449. The Morgan fingerprint density at radius 2 is 2.15 bits per heavy atom. The van der Waals surface area contributed by atoms with E-state index in [9.17, 15) is 4.79 Å². The van der Waals surface area contributed by atoms with Crippen LogP contribution in [-0.2, 0) is 11.2 Å². The average Bonchev–Trinajstić information content (AvgIpc) is 3.21. The van der Waals surface area contributed by atoms with Gasteiger partial charge in [0.15, 0.2) is 5.58 Å². The Hall–Kier alpha value is -2.29. The van der Waals surface area contributed by atoms with Crippen molar-refractivity contribution in [3.05, 3.63) is 39.8 Å². The first-order chi connectivity index (χ1) is 12.7. The van der Waals surface area contributed by atoms with Crippen molar-refractivity contribution in [1.29, 1.82) is 0 Å². The molecule has 0 unspecified atom stereocenters.